The minimum Gasteiger partial charge on any atom is -0.396 e. The largest absolute Gasteiger partial charge is 0.396 e. The SMILES string of the molecule is CC(C)C1CCN(c2ccc(N)c(C#N)n2)C1. The summed E-state index contributed by atoms with van der Waals surface area (Å²) >= 11 is 0. The lowest BCUT2D eigenvalue weighted by Crippen LogP contribution is -2.22. The zero-order valence-corrected chi connectivity index (χ0v) is 10.3. The average molecular weight is 230 g/mol. The van der Waals surface area contributed by atoms with E-state index in [1.807, 2.05) is 12.1 Å². The number of rotatable bonds is 2. The molecule has 0 saturated carbocycles. The van der Waals surface area contributed by atoms with Crippen LogP contribution in [0.25, 0.3) is 0 Å². The summed E-state index contributed by atoms with van der Waals surface area (Å²) in [5.74, 6) is 2.29. The van der Waals surface area contributed by atoms with Crippen LogP contribution in [0.2, 0.25) is 0 Å². The molecule has 1 aromatic rings. The molecule has 0 amide bonds. The van der Waals surface area contributed by atoms with Crippen molar-refractivity contribution in [3.63, 3.8) is 0 Å². The molecule has 1 saturated heterocycles. The number of nitrogens with two attached hydrogens (primary N) is 1. The van der Waals surface area contributed by atoms with Gasteiger partial charge in [0.2, 0.25) is 0 Å². The first kappa shape index (κ1) is 11.7. The van der Waals surface area contributed by atoms with Gasteiger partial charge in [-0.2, -0.15) is 5.26 Å². The highest BCUT2D eigenvalue weighted by Crippen LogP contribution is 2.27. The lowest BCUT2D eigenvalue weighted by atomic mass is 9.95. The Morgan fingerprint density at radius 1 is 1.53 bits per heavy atom. The van der Waals surface area contributed by atoms with Crippen LogP contribution in [-0.4, -0.2) is 18.1 Å². The van der Waals surface area contributed by atoms with Gasteiger partial charge in [-0.1, -0.05) is 13.8 Å². The summed E-state index contributed by atoms with van der Waals surface area (Å²) in [5.41, 5.74) is 6.45. The smallest absolute Gasteiger partial charge is 0.165 e. The monoisotopic (exact) mass is 230 g/mol. The van der Waals surface area contributed by atoms with Crippen LogP contribution in [0, 0.1) is 23.2 Å². The summed E-state index contributed by atoms with van der Waals surface area (Å²) in [6, 6.07) is 5.70. The maximum Gasteiger partial charge on any atom is 0.165 e. The van der Waals surface area contributed by atoms with E-state index < -0.39 is 0 Å². The Kier molecular flexibility index (Phi) is 3.19. The molecule has 1 aliphatic rings. The van der Waals surface area contributed by atoms with Crippen molar-refractivity contribution in [3.8, 4) is 6.07 Å². The minimum absolute atomic E-state index is 0.329. The molecule has 1 unspecified atom stereocenters. The van der Waals surface area contributed by atoms with Crippen LogP contribution in [0.4, 0.5) is 11.5 Å². The van der Waals surface area contributed by atoms with Crippen LogP contribution in [0.3, 0.4) is 0 Å². The van der Waals surface area contributed by atoms with Gasteiger partial charge in [0, 0.05) is 13.1 Å². The van der Waals surface area contributed by atoms with E-state index in [9.17, 15) is 0 Å². The Morgan fingerprint density at radius 2 is 2.29 bits per heavy atom. The van der Waals surface area contributed by atoms with Crippen LogP contribution in [0.15, 0.2) is 12.1 Å². The van der Waals surface area contributed by atoms with Crippen LogP contribution in [-0.2, 0) is 0 Å². The number of anilines is 2. The van der Waals surface area contributed by atoms with Gasteiger partial charge in [0.15, 0.2) is 5.69 Å². The number of pyridine rings is 1. The first-order chi connectivity index (χ1) is 8.11. The number of hydrogen-bond acceptors (Lipinski definition) is 4. The van der Waals surface area contributed by atoms with Crippen molar-refractivity contribution < 1.29 is 0 Å². The molecule has 1 fully saturated rings. The van der Waals surface area contributed by atoms with Crippen molar-refractivity contribution in [3.05, 3.63) is 17.8 Å². The predicted molar refractivity (Wildman–Crippen MR) is 68.5 cm³/mol. The topological polar surface area (TPSA) is 65.9 Å². The summed E-state index contributed by atoms with van der Waals surface area (Å²) in [5, 5.41) is 8.91. The third-order valence-corrected chi connectivity index (χ3v) is 3.51. The van der Waals surface area contributed by atoms with Gasteiger partial charge in [-0.3, -0.25) is 0 Å². The highest BCUT2D eigenvalue weighted by Gasteiger charge is 2.25. The third-order valence-electron chi connectivity index (χ3n) is 3.51. The van der Waals surface area contributed by atoms with E-state index in [-0.39, 0.29) is 0 Å². The van der Waals surface area contributed by atoms with Gasteiger partial charge in [-0.05, 0) is 30.4 Å². The molecular weight excluding hydrogens is 212 g/mol. The second-order valence-electron chi connectivity index (χ2n) is 4.96. The van der Waals surface area contributed by atoms with Crippen LogP contribution in [0.1, 0.15) is 26.0 Å². The van der Waals surface area contributed by atoms with Gasteiger partial charge >= 0.3 is 0 Å². The van der Waals surface area contributed by atoms with Crippen molar-refractivity contribution >= 4 is 11.5 Å². The molecule has 17 heavy (non-hydrogen) atoms. The number of nitrogen functional groups attached to an aromatic ring is 1. The van der Waals surface area contributed by atoms with Crippen LogP contribution < -0.4 is 10.6 Å². The molecule has 90 valence electrons. The highest BCUT2D eigenvalue weighted by atomic mass is 15.2. The summed E-state index contributed by atoms with van der Waals surface area (Å²) < 4.78 is 0. The standard InChI is InChI=1S/C13H18N4/c1-9(2)10-5-6-17(8-10)13-4-3-11(15)12(7-14)16-13/h3-4,9-10H,5-6,8,15H2,1-2H3. The molecule has 1 atom stereocenters. The van der Waals surface area contributed by atoms with Crippen LogP contribution in [0.5, 0.6) is 0 Å². The average Bonchev–Trinajstić information content (AvgIpc) is 2.79. The van der Waals surface area contributed by atoms with E-state index in [4.69, 9.17) is 11.0 Å². The maximum atomic E-state index is 8.91. The second-order valence-corrected chi connectivity index (χ2v) is 4.96. The molecule has 2 heterocycles. The molecule has 0 bridgehead atoms. The molecule has 0 spiro atoms. The highest BCUT2D eigenvalue weighted by molar-refractivity contribution is 5.55. The van der Waals surface area contributed by atoms with E-state index in [0.29, 0.717) is 17.3 Å². The first-order valence-corrected chi connectivity index (χ1v) is 6.03. The van der Waals surface area contributed by atoms with E-state index in [2.05, 4.69) is 23.7 Å². The van der Waals surface area contributed by atoms with Gasteiger partial charge in [0.1, 0.15) is 11.9 Å². The number of nitriles is 1. The Labute approximate surface area is 102 Å². The number of nitrogens with zero attached hydrogens (tertiary/aromatic N) is 3. The van der Waals surface area contributed by atoms with Gasteiger partial charge in [-0.15, -0.1) is 0 Å². The molecule has 2 rings (SSSR count). The lowest BCUT2D eigenvalue weighted by Gasteiger charge is -2.19. The fraction of sp³-hybridized carbons (Fsp3) is 0.538. The van der Waals surface area contributed by atoms with E-state index in [1.165, 1.54) is 6.42 Å². The fourth-order valence-corrected chi connectivity index (χ4v) is 2.26. The molecule has 2 N–H and O–H groups in total. The molecular formula is C13H18N4. The molecule has 0 aliphatic carbocycles. The van der Waals surface area contributed by atoms with E-state index in [1.54, 1.807) is 6.07 Å². The number of hydrogen-bond donors (Lipinski definition) is 1. The normalized spacial score (nSPS) is 19.6. The maximum absolute atomic E-state index is 8.91. The summed E-state index contributed by atoms with van der Waals surface area (Å²) in [7, 11) is 0. The quantitative estimate of drug-likeness (QED) is 0.844. The van der Waals surface area contributed by atoms with E-state index >= 15 is 0 Å². The third kappa shape index (κ3) is 2.33. The summed E-state index contributed by atoms with van der Waals surface area (Å²) in [6.07, 6.45) is 1.20. The molecule has 0 radical (unpaired) electrons. The van der Waals surface area contributed by atoms with Crippen molar-refractivity contribution in [1.29, 1.82) is 5.26 Å². The zero-order valence-electron chi connectivity index (χ0n) is 10.3. The zero-order chi connectivity index (χ0) is 12.4. The summed E-state index contributed by atoms with van der Waals surface area (Å²) in [4.78, 5) is 6.55. The summed E-state index contributed by atoms with van der Waals surface area (Å²) in [6.45, 7) is 6.56. The lowest BCUT2D eigenvalue weighted by molar-refractivity contribution is 0.422. The van der Waals surface area contributed by atoms with Gasteiger partial charge < -0.3 is 10.6 Å². The first-order valence-electron chi connectivity index (χ1n) is 6.03. The fourth-order valence-electron chi connectivity index (χ4n) is 2.26. The van der Waals surface area contributed by atoms with Crippen molar-refractivity contribution in [2.24, 2.45) is 11.8 Å². The predicted octanol–water partition coefficient (Wildman–Crippen LogP) is 2.02. The Bertz CT molecular complexity index is 447. The van der Waals surface area contributed by atoms with Gasteiger partial charge in [0.05, 0.1) is 5.69 Å². The van der Waals surface area contributed by atoms with E-state index in [0.717, 1.165) is 24.8 Å². The van der Waals surface area contributed by atoms with Crippen LogP contribution >= 0.6 is 0 Å². The van der Waals surface area contributed by atoms with Crippen molar-refractivity contribution in [1.82, 2.24) is 4.98 Å². The molecule has 1 aliphatic heterocycles. The van der Waals surface area contributed by atoms with Gasteiger partial charge in [0.25, 0.3) is 0 Å². The van der Waals surface area contributed by atoms with Gasteiger partial charge in [-0.25, -0.2) is 4.98 Å². The molecule has 4 heteroatoms. The Hall–Kier alpha value is -1.76. The molecule has 0 aromatic carbocycles. The van der Waals surface area contributed by atoms with Crippen molar-refractivity contribution in [2.75, 3.05) is 23.7 Å². The second kappa shape index (κ2) is 4.62. The molecule has 1 aromatic heterocycles. The van der Waals surface area contributed by atoms with Crippen molar-refractivity contribution in [2.45, 2.75) is 20.3 Å². The minimum atomic E-state index is 0.329. The number of aromatic nitrogens is 1. The Balaban J connectivity index is 2.17. The Morgan fingerprint density at radius 3 is 2.88 bits per heavy atom. The molecule has 4 nitrogen and oxygen atoms in total.